The number of benzene rings is 1. The number of rotatable bonds is 6. The predicted octanol–water partition coefficient (Wildman–Crippen LogP) is 4.45. The zero-order valence-electron chi connectivity index (χ0n) is 15.7. The maximum atomic E-state index is 13.5. The third-order valence-corrected chi connectivity index (χ3v) is 5.75. The summed E-state index contributed by atoms with van der Waals surface area (Å²) in [7, 11) is 1.30. The van der Waals surface area contributed by atoms with Gasteiger partial charge in [0.15, 0.2) is 6.04 Å². The van der Waals surface area contributed by atoms with Crippen LogP contribution in [0.1, 0.15) is 36.6 Å². The first-order chi connectivity index (χ1) is 13.8. The summed E-state index contributed by atoms with van der Waals surface area (Å²) in [5.41, 5.74) is -0.114. The Balaban J connectivity index is 2.09. The number of hydrogen-bond acceptors (Lipinski definition) is 4. The van der Waals surface area contributed by atoms with Gasteiger partial charge in [0.2, 0.25) is 5.91 Å². The summed E-state index contributed by atoms with van der Waals surface area (Å²) in [6, 6.07) is 7.49. The summed E-state index contributed by atoms with van der Waals surface area (Å²) in [5, 5.41) is 4.48. The van der Waals surface area contributed by atoms with Gasteiger partial charge in [-0.2, -0.15) is 13.2 Å². The lowest BCUT2D eigenvalue weighted by Gasteiger charge is -2.32. The Hall–Kier alpha value is -2.55. The van der Waals surface area contributed by atoms with Crippen LogP contribution in [0.25, 0.3) is 0 Å². The highest BCUT2D eigenvalue weighted by Crippen LogP contribution is 2.39. The van der Waals surface area contributed by atoms with Gasteiger partial charge >= 0.3 is 12.1 Å². The largest absolute Gasteiger partial charge is 0.495 e. The average molecular weight is 426 g/mol. The number of ether oxygens (including phenoxy) is 1. The van der Waals surface area contributed by atoms with Crippen molar-refractivity contribution in [1.29, 1.82) is 0 Å². The molecular formula is C20H21F3N2O3S. The minimum atomic E-state index is -5.16. The van der Waals surface area contributed by atoms with Crippen molar-refractivity contribution < 1.29 is 27.5 Å². The van der Waals surface area contributed by atoms with Crippen molar-refractivity contribution in [3.8, 4) is 5.75 Å². The monoisotopic (exact) mass is 426 g/mol. The SMILES string of the molecule is COc1ccccc1N(C(=O)C(F)(F)F)[C@@H](C(=O)NC1CCCC1)c1cccs1. The molecule has 1 N–H and O–H groups in total. The fourth-order valence-electron chi connectivity index (χ4n) is 3.50. The highest BCUT2D eigenvalue weighted by Gasteiger charge is 2.48. The lowest BCUT2D eigenvalue weighted by Crippen LogP contribution is -2.50. The van der Waals surface area contributed by atoms with Crippen LogP contribution in [0, 0.1) is 0 Å². The van der Waals surface area contributed by atoms with Crippen LogP contribution in [0.2, 0.25) is 0 Å². The van der Waals surface area contributed by atoms with Crippen LogP contribution in [-0.2, 0) is 9.59 Å². The molecule has 1 fully saturated rings. The van der Waals surface area contributed by atoms with Crippen LogP contribution in [0.5, 0.6) is 5.75 Å². The standard InChI is InChI=1S/C20H21F3N2O3S/c1-28-15-10-5-4-9-14(15)25(19(27)20(21,22)23)17(16-11-6-12-29-16)18(26)24-13-7-2-3-8-13/h4-6,9-13,17H,2-3,7-8H2,1H3,(H,24,26)/t17-/m1/s1. The molecule has 2 aromatic rings. The van der Waals surface area contributed by atoms with E-state index in [0.29, 0.717) is 9.78 Å². The molecule has 0 saturated heterocycles. The Bertz CT molecular complexity index is 849. The van der Waals surface area contributed by atoms with E-state index < -0.39 is 24.0 Å². The Morgan fingerprint density at radius 2 is 1.86 bits per heavy atom. The van der Waals surface area contributed by atoms with Crippen molar-refractivity contribution in [3.63, 3.8) is 0 Å². The Morgan fingerprint density at radius 1 is 1.17 bits per heavy atom. The van der Waals surface area contributed by atoms with E-state index in [2.05, 4.69) is 5.32 Å². The van der Waals surface area contributed by atoms with Crippen LogP contribution in [0.3, 0.4) is 0 Å². The van der Waals surface area contributed by atoms with Gasteiger partial charge < -0.3 is 10.1 Å². The lowest BCUT2D eigenvalue weighted by atomic mass is 10.1. The number of anilines is 1. The van der Waals surface area contributed by atoms with Gasteiger partial charge in [0.25, 0.3) is 0 Å². The summed E-state index contributed by atoms with van der Waals surface area (Å²) in [6.07, 6.45) is -1.72. The summed E-state index contributed by atoms with van der Waals surface area (Å²) >= 11 is 1.12. The highest BCUT2D eigenvalue weighted by molar-refractivity contribution is 7.10. The second-order valence-corrected chi connectivity index (χ2v) is 7.73. The summed E-state index contributed by atoms with van der Waals surface area (Å²) in [5.74, 6) is -2.69. The molecular weight excluding hydrogens is 405 g/mol. The number of nitrogens with one attached hydrogen (secondary N) is 1. The van der Waals surface area contributed by atoms with E-state index in [-0.39, 0.29) is 17.5 Å². The molecule has 1 aromatic heterocycles. The number of methoxy groups -OCH3 is 1. The molecule has 1 heterocycles. The topological polar surface area (TPSA) is 58.6 Å². The quantitative estimate of drug-likeness (QED) is 0.742. The molecule has 0 aliphatic heterocycles. The van der Waals surface area contributed by atoms with Gasteiger partial charge in [-0.05, 0) is 36.4 Å². The maximum absolute atomic E-state index is 13.5. The van der Waals surface area contributed by atoms with Crippen molar-refractivity contribution in [3.05, 3.63) is 46.7 Å². The molecule has 156 valence electrons. The zero-order chi connectivity index (χ0) is 21.0. The second-order valence-electron chi connectivity index (χ2n) is 6.75. The molecule has 0 spiro atoms. The number of hydrogen-bond donors (Lipinski definition) is 1. The van der Waals surface area contributed by atoms with Crippen molar-refractivity contribution in [2.45, 2.75) is 43.9 Å². The molecule has 1 aromatic carbocycles. The van der Waals surface area contributed by atoms with E-state index >= 15 is 0 Å². The zero-order valence-corrected chi connectivity index (χ0v) is 16.6. The molecule has 1 saturated carbocycles. The first-order valence-electron chi connectivity index (χ1n) is 9.20. The summed E-state index contributed by atoms with van der Waals surface area (Å²) in [6.45, 7) is 0. The van der Waals surface area contributed by atoms with Gasteiger partial charge in [-0.25, -0.2) is 0 Å². The second kappa shape index (κ2) is 8.86. The van der Waals surface area contributed by atoms with Gasteiger partial charge in [0.1, 0.15) is 5.75 Å². The van der Waals surface area contributed by atoms with Crippen LogP contribution < -0.4 is 15.0 Å². The number of amides is 2. The van der Waals surface area contributed by atoms with Crippen molar-refractivity contribution in [2.75, 3.05) is 12.0 Å². The van der Waals surface area contributed by atoms with Crippen molar-refractivity contribution in [1.82, 2.24) is 5.32 Å². The van der Waals surface area contributed by atoms with Crippen LogP contribution >= 0.6 is 11.3 Å². The van der Waals surface area contributed by atoms with Crippen LogP contribution in [-0.4, -0.2) is 31.1 Å². The van der Waals surface area contributed by atoms with E-state index in [1.165, 1.54) is 25.3 Å². The molecule has 1 aliphatic carbocycles. The first kappa shape index (κ1) is 21.2. The molecule has 0 bridgehead atoms. The molecule has 0 unspecified atom stereocenters. The number of thiophene rings is 1. The number of para-hydroxylation sites is 2. The minimum absolute atomic E-state index is 0.0697. The molecule has 5 nitrogen and oxygen atoms in total. The summed E-state index contributed by atoms with van der Waals surface area (Å²) in [4.78, 5) is 26.5. The number of carbonyl (C=O) groups excluding carboxylic acids is 2. The number of halogens is 3. The smallest absolute Gasteiger partial charge is 0.471 e. The highest BCUT2D eigenvalue weighted by atomic mass is 32.1. The molecule has 2 amide bonds. The fraction of sp³-hybridized carbons (Fsp3) is 0.400. The molecule has 0 radical (unpaired) electrons. The van der Waals surface area contributed by atoms with E-state index in [4.69, 9.17) is 4.74 Å². The minimum Gasteiger partial charge on any atom is -0.495 e. The predicted molar refractivity (Wildman–Crippen MR) is 104 cm³/mol. The maximum Gasteiger partial charge on any atom is 0.471 e. The van der Waals surface area contributed by atoms with E-state index in [1.54, 1.807) is 23.6 Å². The van der Waals surface area contributed by atoms with Crippen LogP contribution in [0.15, 0.2) is 41.8 Å². The molecule has 1 aliphatic rings. The van der Waals surface area contributed by atoms with Gasteiger partial charge in [-0.1, -0.05) is 31.0 Å². The lowest BCUT2D eigenvalue weighted by molar-refractivity contribution is -0.171. The third-order valence-electron chi connectivity index (χ3n) is 4.83. The average Bonchev–Trinajstić information content (AvgIpc) is 3.38. The number of alkyl halides is 3. The number of carbonyl (C=O) groups is 2. The van der Waals surface area contributed by atoms with E-state index in [0.717, 1.165) is 37.0 Å². The van der Waals surface area contributed by atoms with Crippen LogP contribution in [0.4, 0.5) is 18.9 Å². The fourth-order valence-corrected chi connectivity index (χ4v) is 4.31. The summed E-state index contributed by atoms with van der Waals surface area (Å²) < 4.78 is 45.8. The molecule has 29 heavy (non-hydrogen) atoms. The van der Waals surface area contributed by atoms with E-state index in [9.17, 15) is 22.8 Å². The van der Waals surface area contributed by atoms with Gasteiger partial charge in [0.05, 0.1) is 12.8 Å². The Kier molecular flexibility index (Phi) is 6.46. The molecule has 1 atom stereocenters. The van der Waals surface area contributed by atoms with E-state index in [1.807, 2.05) is 0 Å². The van der Waals surface area contributed by atoms with Crippen molar-refractivity contribution in [2.24, 2.45) is 0 Å². The third kappa shape index (κ3) is 4.72. The van der Waals surface area contributed by atoms with Gasteiger partial charge in [-0.15, -0.1) is 11.3 Å². The van der Waals surface area contributed by atoms with Gasteiger partial charge in [0, 0.05) is 10.9 Å². The Labute approximate surface area is 170 Å². The van der Waals surface area contributed by atoms with Gasteiger partial charge in [-0.3, -0.25) is 14.5 Å². The molecule has 3 rings (SSSR count). The van der Waals surface area contributed by atoms with Crippen molar-refractivity contribution >= 4 is 28.8 Å². The first-order valence-corrected chi connectivity index (χ1v) is 10.1. The molecule has 9 heteroatoms. The number of nitrogens with zero attached hydrogens (tertiary/aromatic N) is 1. The Morgan fingerprint density at radius 3 is 2.45 bits per heavy atom. The normalized spacial score (nSPS) is 15.7.